The van der Waals surface area contributed by atoms with E-state index in [2.05, 4.69) is 41.8 Å². The van der Waals surface area contributed by atoms with E-state index in [1.807, 2.05) is 12.1 Å². The highest BCUT2D eigenvalue weighted by Gasteiger charge is 2.48. The number of amides is 4. The van der Waals surface area contributed by atoms with Crippen LogP contribution in [0.2, 0.25) is 0 Å². The van der Waals surface area contributed by atoms with Crippen LogP contribution in [0.3, 0.4) is 0 Å². The molecule has 1 saturated carbocycles. The van der Waals surface area contributed by atoms with Crippen molar-refractivity contribution in [3.8, 4) is 11.5 Å². The molecule has 332 valence electrons. The molecule has 0 radical (unpaired) electrons. The zero-order valence-corrected chi connectivity index (χ0v) is 36.1. The van der Waals surface area contributed by atoms with Gasteiger partial charge in [-0.3, -0.25) is 24.5 Å². The number of methoxy groups -OCH3 is 2. The normalized spacial score (nSPS) is 21.9. The summed E-state index contributed by atoms with van der Waals surface area (Å²) in [5.74, 6) is -3.92. The molecule has 17 heteroatoms. The van der Waals surface area contributed by atoms with E-state index in [0.29, 0.717) is 41.5 Å². The van der Waals surface area contributed by atoms with Crippen LogP contribution in [-0.4, -0.2) is 117 Å². The molecular formula is C45H57F2N9O6. The summed E-state index contributed by atoms with van der Waals surface area (Å²) in [6, 6.07) is 10.9. The number of anilines is 5. The molecule has 3 N–H and O–H groups in total. The minimum absolute atomic E-state index is 0.105. The van der Waals surface area contributed by atoms with Gasteiger partial charge in [-0.2, -0.15) is 13.8 Å². The van der Waals surface area contributed by atoms with Gasteiger partial charge in [0.15, 0.2) is 5.82 Å². The summed E-state index contributed by atoms with van der Waals surface area (Å²) in [5.41, 5.74) is 3.30. The molecule has 3 saturated heterocycles. The highest BCUT2D eigenvalue weighted by molar-refractivity contribution is 6.02. The number of ether oxygens (including phenoxy) is 2. The van der Waals surface area contributed by atoms with Gasteiger partial charge < -0.3 is 39.7 Å². The minimum Gasteiger partial charge on any atom is -0.496 e. The Kier molecular flexibility index (Phi) is 12.0. The first kappa shape index (κ1) is 43.1. The number of likely N-dealkylation sites (tertiary alicyclic amines) is 1. The second-order valence-electron chi connectivity index (χ2n) is 18.0. The molecule has 15 nitrogen and oxygen atoms in total. The fourth-order valence-electron chi connectivity index (χ4n) is 9.96. The summed E-state index contributed by atoms with van der Waals surface area (Å²) in [6.07, 6.45) is 8.56. The largest absolute Gasteiger partial charge is 0.496 e. The van der Waals surface area contributed by atoms with E-state index in [1.54, 1.807) is 39.2 Å². The van der Waals surface area contributed by atoms with Crippen LogP contribution in [0.1, 0.15) is 87.1 Å². The fraction of sp³-hybridized carbons (Fsp3) is 0.556. The van der Waals surface area contributed by atoms with Gasteiger partial charge in [-0.1, -0.05) is 6.07 Å². The van der Waals surface area contributed by atoms with Crippen molar-refractivity contribution in [3.05, 3.63) is 53.7 Å². The van der Waals surface area contributed by atoms with Gasteiger partial charge in [0.05, 0.1) is 38.6 Å². The zero-order chi connectivity index (χ0) is 43.9. The first-order valence-corrected chi connectivity index (χ1v) is 21.7. The monoisotopic (exact) mass is 857 g/mol. The van der Waals surface area contributed by atoms with E-state index < -0.39 is 18.4 Å². The van der Waals surface area contributed by atoms with Crippen molar-refractivity contribution in [2.75, 3.05) is 80.6 Å². The molecule has 5 heterocycles. The highest BCUT2D eigenvalue weighted by atomic mass is 19.3. The predicted octanol–water partition coefficient (Wildman–Crippen LogP) is 5.48. The topological polar surface area (TPSA) is 162 Å². The summed E-state index contributed by atoms with van der Waals surface area (Å²) in [4.78, 5) is 66.2. The zero-order valence-electron chi connectivity index (χ0n) is 36.1. The molecule has 1 atom stereocenters. The number of hydrogen-bond donors (Lipinski definition) is 3. The summed E-state index contributed by atoms with van der Waals surface area (Å²) in [5, 5.41) is 8.78. The molecule has 5 aliphatic rings. The van der Waals surface area contributed by atoms with Crippen LogP contribution in [-0.2, 0) is 14.4 Å². The number of nitrogens with zero attached hydrogens (tertiary/aromatic N) is 6. The third-order valence-electron chi connectivity index (χ3n) is 13.6. The van der Waals surface area contributed by atoms with E-state index in [1.165, 1.54) is 25.3 Å². The summed E-state index contributed by atoms with van der Waals surface area (Å²) < 4.78 is 40.9. The molecule has 2 aromatic carbocycles. The number of alkyl halides is 2. The number of nitrogens with one attached hydrogen (secondary N) is 3. The van der Waals surface area contributed by atoms with Crippen molar-refractivity contribution < 1.29 is 37.4 Å². The Morgan fingerprint density at radius 3 is 2.37 bits per heavy atom. The first-order valence-electron chi connectivity index (χ1n) is 21.7. The second kappa shape index (κ2) is 17.3. The molecular weight excluding hydrogens is 801 g/mol. The number of carbonyl (C=O) groups is 4. The number of piperidine rings is 3. The van der Waals surface area contributed by atoms with Crippen LogP contribution < -0.4 is 40.1 Å². The molecule has 4 fully saturated rings. The lowest BCUT2D eigenvalue weighted by Gasteiger charge is -2.52. The fourth-order valence-corrected chi connectivity index (χ4v) is 9.96. The van der Waals surface area contributed by atoms with E-state index in [9.17, 15) is 28.0 Å². The van der Waals surface area contributed by atoms with Gasteiger partial charge in [0.1, 0.15) is 17.2 Å². The summed E-state index contributed by atoms with van der Waals surface area (Å²) >= 11 is 0. The van der Waals surface area contributed by atoms with Crippen molar-refractivity contribution in [3.63, 3.8) is 0 Å². The van der Waals surface area contributed by atoms with Gasteiger partial charge in [0.25, 0.3) is 11.8 Å². The lowest BCUT2D eigenvalue weighted by molar-refractivity contribution is -0.140. The van der Waals surface area contributed by atoms with Gasteiger partial charge in [-0.05, 0) is 107 Å². The van der Waals surface area contributed by atoms with Crippen LogP contribution in [0.5, 0.6) is 11.5 Å². The third-order valence-corrected chi connectivity index (χ3v) is 13.6. The lowest BCUT2D eigenvalue weighted by atomic mass is 9.60. The van der Waals surface area contributed by atoms with Crippen LogP contribution in [0.15, 0.2) is 42.6 Å². The van der Waals surface area contributed by atoms with E-state index in [0.717, 1.165) is 87.4 Å². The lowest BCUT2D eigenvalue weighted by Crippen LogP contribution is -2.55. The maximum absolute atomic E-state index is 14.8. The molecule has 8 rings (SSSR count). The van der Waals surface area contributed by atoms with Crippen molar-refractivity contribution >= 4 is 52.5 Å². The molecule has 1 spiro atoms. The Morgan fingerprint density at radius 1 is 0.968 bits per heavy atom. The van der Waals surface area contributed by atoms with Gasteiger partial charge in [-0.25, -0.2) is 4.98 Å². The van der Waals surface area contributed by atoms with Crippen LogP contribution in [0, 0.1) is 11.3 Å². The first-order chi connectivity index (χ1) is 29.7. The molecule has 0 bridgehead atoms. The number of rotatable bonds is 11. The number of aromatic nitrogens is 2. The Balaban J connectivity index is 0.795. The maximum atomic E-state index is 14.8. The molecule has 1 aromatic heterocycles. The summed E-state index contributed by atoms with van der Waals surface area (Å²) in [6.45, 7) is 7.86. The van der Waals surface area contributed by atoms with E-state index in [-0.39, 0.29) is 58.6 Å². The van der Waals surface area contributed by atoms with E-state index >= 15 is 0 Å². The van der Waals surface area contributed by atoms with Gasteiger partial charge in [0, 0.05) is 68.1 Å². The number of halogens is 2. The standard InChI is InChI=1S/C45H57F2N9O6/c1-27(2)56-26-45(46,47)42(60)53(3)35-24-48-43(52-39(35)56)50-34-10-6-29(20-37(34)62-5)40(58)49-30-22-44(23-30)14-18-54(19-15-44)25-28-12-16-55(17-13-28)31-7-8-32(36(21-31)61-4)33-9-11-38(57)51-41(33)59/h6-8,10,20-21,24,27-28,30,33H,9,11-19,22-23,25-26H2,1-5H3,(H,49,58)(H,48,50,52)(H,51,57,59). The van der Waals surface area contributed by atoms with Crippen molar-refractivity contribution in [1.82, 2.24) is 25.5 Å². The number of benzene rings is 2. The Morgan fingerprint density at radius 2 is 1.69 bits per heavy atom. The molecule has 1 aliphatic carbocycles. The Hall–Kier alpha value is -5.58. The van der Waals surface area contributed by atoms with Gasteiger partial charge in [0.2, 0.25) is 17.8 Å². The van der Waals surface area contributed by atoms with Crippen LogP contribution >= 0.6 is 0 Å². The third kappa shape index (κ3) is 8.72. The second-order valence-corrected chi connectivity index (χ2v) is 18.0. The average molecular weight is 858 g/mol. The average Bonchev–Trinajstić information content (AvgIpc) is 3.32. The van der Waals surface area contributed by atoms with E-state index in [4.69, 9.17) is 9.47 Å². The van der Waals surface area contributed by atoms with Crippen molar-refractivity contribution in [2.45, 2.75) is 89.1 Å². The molecule has 4 amide bonds. The van der Waals surface area contributed by atoms with Crippen molar-refractivity contribution in [2.24, 2.45) is 11.3 Å². The van der Waals surface area contributed by atoms with Crippen molar-refractivity contribution in [1.29, 1.82) is 0 Å². The van der Waals surface area contributed by atoms with Crippen LogP contribution in [0.4, 0.5) is 37.6 Å². The number of imide groups is 1. The Labute approximate surface area is 360 Å². The smallest absolute Gasteiger partial charge is 0.342 e. The molecule has 1 unspecified atom stereocenters. The summed E-state index contributed by atoms with van der Waals surface area (Å²) in [7, 11) is 4.42. The van der Waals surface area contributed by atoms with Crippen LogP contribution in [0.25, 0.3) is 0 Å². The maximum Gasteiger partial charge on any atom is 0.342 e. The predicted molar refractivity (Wildman–Crippen MR) is 231 cm³/mol. The molecule has 3 aromatic rings. The molecule has 4 aliphatic heterocycles. The minimum atomic E-state index is -3.59. The van der Waals surface area contributed by atoms with Gasteiger partial charge in [-0.15, -0.1) is 0 Å². The number of carbonyl (C=O) groups excluding carboxylic acids is 4. The quantitative estimate of drug-likeness (QED) is 0.209. The molecule has 62 heavy (non-hydrogen) atoms. The number of fused-ring (bicyclic) bond motifs is 1. The number of hydrogen-bond acceptors (Lipinski definition) is 12. The van der Waals surface area contributed by atoms with Gasteiger partial charge >= 0.3 is 5.92 Å². The SMILES string of the molecule is COc1cc(C(=O)NC2CC3(CCN(CC4CCN(c5ccc(C6CCC(=O)NC6=O)c(OC)c5)CC4)CC3)C2)ccc1Nc1ncc2c(n1)N(C(C)C)CC(F)(F)C(=O)N2C. The Bertz CT molecular complexity index is 2200. The highest BCUT2D eigenvalue weighted by Crippen LogP contribution is 2.49.